The van der Waals surface area contributed by atoms with Crippen LogP contribution in [0.4, 0.5) is 0 Å². The molecule has 0 fully saturated rings. The lowest BCUT2D eigenvalue weighted by molar-refractivity contribution is 1.12. The fourth-order valence-electron chi connectivity index (χ4n) is 1.83. The number of hydrogen-bond acceptors (Lipinski definition) is 2. The van der Waals surface area contributed by atoms with Gasteiger partial charge in [0.2, 0.25) is 5.56 Å². The zero-order valence-electron chi connectivity index (χ0n) is 9.66. The molecule has 0 unspecified atom stereocenters. The second-order valence-electron chi connectivity index (χ2n) is 4.03. The van der Waals surface area contributed by atoms with E-state index in [1.54, 1.807) is 0 Å². The van der Waals surface area contributed by atoms with E-state index in [9.17, 15) is 4.79 Å². The lowest BCUT2D eigenvalue weighted by Gasteiger charge is -2.06. The van der Waals surface area contributed by atoms with E-state index in [0.29, 0.717) is 0 Å². The molecule has 0 bridgehead atoms. The fraction of sp³-hybridized carbons (Fsp3) is 0.231. The summed E-state index contributed by atoms with van der Waals surface area (Å²) in [7, 11) is 0. The molecule has 2 rings (SSSR count). The number of aromatic nitrogens is 2. The van der Waals surface area contributed by atoms with E-state index in [0.717, 1.165) is 22.6 Å². The predicted octanol–water partition coefficient (Wildman–Crippen LogP) is 2.36. The first kappa shape index (κ1) is 10.6. The maximum Gasteiger partial charge on any atom is 0.248 e. The number of H-pyrrole nitrogens is 1. The highest BCUT2D eigenvalue weighted by Crippen LogP contribution is 2.20. The molecule has 2 aromatic rings. The Hall–Kier alpha value is -1.90. The van der Waals surface area contributed by atoms with Crippen LogP contribution in [0.1, 0.15) is 17.0 Å². The summed E-state index contributed by atoms with van der Waals surface area (Å²) in [5.74, 6) is 0. The van der Waals surface area contributed by atoms with E-state index in [2.05, 4.69) is 9.97 Å². The highest BCUT2D eigenvalue weighted by molar-refractivity contribution is 5.62. The molecule has 0 atom stereocenters. The third-order valence-corrected chi connectivity index (χ3v) is 2.49. The van der Waals surface area contributed by atoms with Crippen molar-refractivity contribution < 1.29 is 0 Å². The second kappa shape index (κ2) is 3.93. The normalized spacial score (nSPS) is 10.4. The monoisotopic (exact) mass is 214 g/mol. The summed E-state index contributed by atoms with van der Waals surface area (Å²) in [6, 6.07) is 7.40. The molecule has 0 spiro atoms. The average molecular weight is 214 g/mol. The molecule has 0 aliphatic rings. The molecule has 3 nitrogen and oxygen atoms in total. The van der Waals surface area contributed by atoms with Gasteiger partial charge >= 0.3 is 0 Å². The third kappa shape index (κ3) is 2.03. The van der Waals surface area contributed by atoms with E-state index >= 15 is 0 Å². The first-order valence-corrected chi connectivity index (χ1v) is 5.22. The summed E-state index contributed by atoms with van der Waals surface area (Å²) in [6.45, 7) is 5.90. The van der Waals surface area contributed by atoms with Gasteiger partial charge in [0.1, 0.15) is 0 Å². The zero-order chi connectivity index (χ0) is 11.7. The molecule has 0 radical (unpaired) electrons. The fourth-order valence-corrected chi connectivity index (χ4v) is 1.83. The van der Waals surface area contributed by atoms with Gasteiger partial charge in [0.25, 0.3) is 0 Å². The van der Waals surface area contributed by atoms with Crippen LogP contribution in [0.3, 0.4) is 0 Å². The average Bonchev–Trinajstić information content (AvgIpc) is 2.15. The van der Waals surface area contributed by atoms with Crippen LogP contribution in [0.25, 0.3) is 11.3 Å². The second-order valence-corrected chi connectivity index (χ2v) is 4.03. The number of aromatic amines is 1. The quantitative estimate of drug-likeness (QED) is 0.792. The van der Waals surface area contributed by atoms with E-state index < -0.39 is 0 Å². The Morgan fingerprint density at radius 1 is 1.12 bits per heavy atom. The predicted molar refractivity (Wildman–Crippen MR) is 64.5 cm³/mol. The van der Waals surface area contributed by atoms with Crippen LogP contribution < -0.4 is 5.56 Å². The van der Waals surface area contributed by atoms with Gasteiger partial charge in [-0.2, -0.15) is 0 Å². The molecule has 2 aromatic heterocycles. The highest BCUT2D eigenvalue weighted by atomic mass is 16.1. The number of nitrogens with zero attached hydrogens (tertiary/aromatic N) is 1. The van der Waals surface area contributed by atoms with Gasteiger partial charge in [0.15, 0.2) is 0 Å². The number of pyridine rings is 2. The summed E-state index contributed by atoms with van der Waals surface area (Å²) in [4.78, 5) is 18.4. The molecular formula is C13H14N2O. The number of hydrogen-bond donors (Lipinski definition) is 1. The van der Waals surface area contributed by atoms with Gasteiger partial charge in [0.05, 0.1) is 5.69 Å². The Morgan fingerprint density at radius 3 is 2.50 bits per heavy atom. The minimum atomic E-state index is -0.0781. The lowest BCUT2D eigenvalue weighted by Crippen LogP contribution is -2.06. The van der Waals surface area contributed by atoms with Crippen LogP contribution in [0.2, 0.25) is 0 Å². The van der Waals surface area contributed by atoms with Gasteiger partial charge in [0, 0.05) is 23.0 Å². The molecule has 0 aromatic carbocycles. The maximum absolute atomic E-state index is 11.1. The number of aryl methyl sites for hydroxylation is 3. The Morgan fingerprint density at radius 2 is 1.88 bits per heavy atom. The zero-order valence-corrected chi connectivity index (χ0v) is 9.66. The van der Waals surface area contributed by atoms with Gasteiger partial charge in [-0.1, -0.05) is 0 Å². The van der Waals surface area contributed by atoms with E-state index in [4.69, 9.17) is 0 Å². The van der Waals surface area contributed by atoms with Crippen molar-refractivity contribution in [2.75, 3.05) is 0 Å². The highest BCUT2D eigenvalue weighted by Gasteiger charge is 2.05. The largest absolute Gasteiger partial charge is 0.326 e. The van der Waals surface area contributed by atoms with Gasteiger partial charge in [-0.05, 0) is 44.5 Å². The smallest absolute Gasteiger partial charge is 0.248 e. The molecule has 82 valence electrons. The Labute approximate surface area is 94.2 Å². The van der Waals surface area contributed by atoms with E-state index in [1.165, 1.54) is 11.6 Å². The molecule has 3 heteroatoms. The van der Waals surface area contributed by atoms with Crippen LogP contribution in [-0.4, -0.2) is 9.97 Å². The van der Waals surface area contributed by atoms with Crippen molar-refractivity contribution in [2.24, 2.45) is 0 Å². The molecule has 2 heterocycles. The molecular weight excluding hydrogens is 200 g/mol. The topological polar surface area (TPSA) is 45.8 Å². The van der Waals surface area contributed by atoms with Gasteiger partial charge in [-0.3, -0.25) is 9.78 Å². The van der Waals surface area contributed by atoms with Crippen molar-refractivity contribution in [3.05, 3.63) is 51.6 Å². The van der Waals surface area contributed by atoms with Crippen LogP contribution >= 0.6 is 0 Å². The summed E-state index contributed by atoms with van der Waals surface area (Å²) >= 11 is 0. The summed E-state index contributed by atoms with van der Waals surface area (Å²) in [6.07, 6.45) is 0. The van der Waals surface area contributed by atoms with Gasteiger partial charge in [-0.15, -0.1) is 0 Å². The standard InChI is InChI=1S/C13H14N2O/c1-8-6-9(2)14-12(7-8)11-4-5-13(16)15-10(11)3/h4-7H,1-3H3,(H,15,16). The molecule has 1 N–H and O–H groups in total. The summed E-state index contributed by atoms with van der Waals surface area (Å²) in [5, 5.41) is 0. The van der Waals surface area contributed by atoms with Crippen molar-refractivity contribution in [1.82, 2.24) is 9.97 Å². The minimum Gasteiger partial charge on any atom is -0.326 e. The first-order chi connectivity index (χ1) is 7.56. The third-order valence-electron chi connectivity index (χ3n) is 2.49. The molecule has 0 saturated carbocycles. The number of rotatable bonds is 1. The lowest BCUT2D eigenvalue weighted by atomic mass is 10.1. The van der Waals surface area contributed by atoms with Crippen molar-refractivity contribution in [2.45, 2.75) is 20.8 Å². The van der Waals surface area contributed by atoms with E-state index in [-0.39, 0.29) is 5.56 Å². The van der Waals surface area contributed by atoms with Crippen LogP contribution in [0.5, 0.6) is 0 Å². The van der Waals surface area contributed by atoms with Crippen LogP contribution in [0, 0.1) is 20.8 Å². The van der Waals surface area contributed by atoms with Crippen LogP contribution in [-0.2, 0) is 0 Å². The minimum absolute atomic E-state index is 0.0781. The van der Waals surface area contributed by atoms with Crippen molar-refractivity contribution in [1.29, 1.82) is 0 Å². The Bertz CT molecular complexity index is 564. The maximum atomic E-state index is 11.1. The van der Waals surface area contributed by atoms with Crippen molar-refractivity contribution in [3.63, 3.8) is 0 Å². The number of nitrogens with one attached hydrogen (secondary N) is 1. The first-order valence-electron chi connectivity index (χ1n) is 5.22. The van der Waals surface area contributed by atoms with Crippen LogP contribution in [0.15, 0.2) is 29.1 Å². The van der Waals surface area contributed by atoms with Crippen molar-refractivity contribution in [3.8, 4) is 11.3 Å². The van der Waals surface area contributed by atoms with Crippen molar-refractivity contribution >= 4 is 0 Å². The Balaban J connectivity index is 2.62. The molecule has 0 aliphatic carbocycles. The molecule has 0 saturated heterocycles. The Kier molecular flexibility index (Phi) is 2.60. The molecule has 16 heavy (non-hydrogen) atoms. The van der Waals surface area contributed by atoms with E-state index in [1.807, 2.05) is 39.0 Å². The summed E-state index contributed by atoms with van der Waals surface area (Å²) < 4.78 is 0. The molecule has 0 amide bonds. The van der Waals surface area contributed by atoms with Gasteiger partial charge < -0.3 is 4.98 Å². The molecule has 0 aliphatic heterocycles. The van der Waals surface area contributed by atoms with Gasteiger partial charge in [-0.25, -0.2) is 0 Å². The summed E-state index contributed by atoms with van der Waals surface area (Å²) in [5.41, 5.74) is 4.82. The SMILES string of the molecule is Cc1cc(C)nc(-c2ccc(=O)[nH]c2C)c1.